The number of aliphatic hydroxyl groups excluding tert-OH is 1. The van der Waals surface area contributed by atoms with Gasteiger partial charge >= 0.3 is 0 Å². The van der Waals surface area contributed by atoms with E-state index in [1.165, 1.54) is 10.9 Å². The highest BCUT2D eigenvalue weighted by Crippen LogP contribution is 2.28. The molecule has 0 saturated carbocycles. The van der Waals surface area contributed by atoms with E-state index in [0.29, 0.717) is 6.54 Å². The van der Waals surface area contributed by atoms with Crippen molar-refractivity contribution in [1.29, 1.82) is 0 Å². The summed E-state index contributed by atoms with van der Waals surface area (Å²) >= 11 is 0. The third-order valence-corrected chi connectivity index (χ3v) is 4.09. The monoisotopic (exact) mass is 294 g/mol. The van der Waals surface area contributed by atoms with E-state index in [9.17, 15) is 5.11 Å². The number of nitrogens with one attached hydrogen (secondary N) is 1. The summed E-state index contributed by atoms with van der Waals surface area (Å²) in [5, 5.41) is 15.0. The quantitative estimate of drug-likeness (QED) is 0.758. The van der Waals surface area contributed by atoms with Crippen LogP contribution in [-0.2, 0) is 0 Å². The molecule has 114 valence electrons. The lowest BCUT2D eigenvalue weighted by Crippen LogP contribution is -2.33. The summed E-state index contributed by atoms with van der Waals surface area (Å²) in [5.41, 5.74) is 3.48. The van der Waals surface area contributed by atoms with Crippen LogP contribution in [0, 0.1) is 6.92 Å². The lowest BCUT2D eigenvalue weighted by atomic mass is 9.99. The first-order valence-corrected chi connectivity index (χ1v) is 7.65. The van der Waals surface area contributed by atoms with E-state index in [-0.39, 0.29) is 6.04 Å². The maximum Gasteiger partial charge on any atom is 0.0912 e. The van der Waals surface area contributed by atoms with Crippen molar-refractivity contribution in [2.24, 2.45) is 0 Å². The molecule has 0 bridgehead atoms. The van der Waals surface area contributed by atoms with Gasteiger partial charge in [0.05, 0.1) is 12.1 Å². The number of aromatic nitrogens is 1. The van der Waals surface area contributed by atoms with E-state index >= 15 is 0 Å². The van der Waals surface area contributed by atoms with Crippen molar-refractivity contribution in [3.63, 3.8) is 0 Å². The molecule has 0 aliphatic carbocycles. The minimum atomic E-state index is -0.498. The van der Waals surface area contributed by atoms with Crippen LogP contribution in [0.4, 0.5) is 0 Å². The smallest absolute Gasteiger partial charge is 0.0912 e. The van der Waals surface area contributed by atoms with Gasteiger partial charge in [0.15, 0.2) is 0 Å². The van der Waals surface area contributed by atoms with Gasteiger partial charge in [0, 0.05) is 18.3 Å². The van der Waals surface area contributed by atoms with Crippen molar-refractivity contribution in [2.75, 3.05) is 13.6 Å². The molecule has 3 aromatic rings. The molecule has 1 heterocycles. The molecule has 2 N–H and O–H groups in total. The molecule has 2 unspecified atom stereocenters. The molecule has 0 aliphatic heterocycles. The van der Waals surface area contributed by atoms with Crippen molar-refractivity contribution in [3.05, 3.63) is 71.9 Å². The van der Waals surface area contributed by atoms with Crippen molar-refractivity contribution in [3.8, 4) is 0 Å². The number of hydrogen-bond donors (Lipinski definition) is 2. The van der Waals surface area contributed by atoms with E-state index in [1.807, 2.05) is 19.2 Å². The number of fused-ring (bicyclic) bond motifs is 1. The lowest BCUT2D eigenvalue weighted by molar-refractivity contribution is 0.132. The van der Waals surface area contributed by atoms with Crippen molar-refractivity contribution in [1.82, 2.24) is 9.88 Å². The zero-order valence-electron chi connectivity index (χ0n) is 13.0. The summed E-state index contributed by atoms with van der Waals surface area (Å²) in [7, 11) is 1.87. The normalized spacial score (nSPS) is 14.1. The molecule has 3 rings (SSSR count). The van der Waals surface area contributed by atoms with Crippen molar-refractivity contribution >= 4 is 10.9 Å². The maximum atomic E-state index is 10.7. The summed E-state index contributed by atoms with van der Waals surface area (Å²) in [4.78, 5) is 0. The molecule has 0 spiro atoms. The third-order valence-electron chi connectivity index (χ3n) is 4.09. The number of hydrogen-bond acceptors (Lipinski definition) is 2. The van der Waals surface area contributed by atoms with E-state index < -0.39 is 6.10 Å². The second kappa shape index (κ2) is 6.34. The largest absolute Gasteiger partial charge is 0.389 e. The van der Waals surface area contributed by atoms with Crippen LogP contribution in [0.2, 0.25) is 0 Å². The first-order chi connectivity index (χ1) is 10.7. The molecule has 2 atom stereocenters. The van der Waals surface area contributed by atoms with E-state index in [4.69, 9.17) is 0 Å². The lowest BCUT2D eigenvalue weighted by Gasteiger charge is -2.26. The number of rotatable bonds is 5. The van der Waals surface area contributed by atoms with E-state index in [2.05, 4.69) is 65.5 Å². The van der Waals surface area contributed by atoms with Crippen LogP contribution in [0.3, 0.4) is 0 Å². The molecular weight excluding hydrogens is 272 g/mol. The van der Waals surface area contributed by atoms with Gasteiger partial charge in [-0.3, -0.25) is 0 Å². The van der Waals surface area contributed by atoms with Crippen molar-refractivity contribution < 1.29 is 5.11 Å². The zero-order valence-corrected chi connectivity index (χ0v) is 13.0. The Bertz CT molecular complexity index is 763. The Hall–Kier alpha value is -2.10. The number of likely N-dealkylation sites (N-methyl/N-ethyl adjacent to an activating group) is 1. The Morgan fingerprint density at radius 2 is 1.91 bits per heavy atom. The predicted octanol–water partition coefficient (Wildman–Crippen LogP) is 3.12. The Labute approximate surface area is 131 Å². The van der Waals surface area contributed by atoms with Gasteiger partial charge in [0.1, 0.15) is 0 Å². The van der Waals surface area contributed by atoms with E-state index in [1.54, 1.807) is 0 Å². The minimum absolute atomic E-state index is 0.104. The van der Waals surface area contributed by atoms with E-state index in [0.717, 1.165) is 11.1 Å². The second-order valence-corrected chi connectivity index (χ2v) is 5.77. The number of aryl methyl sites for hydroxylation is 1. The second-order valence-electron chi connectivity index (χ2n) is 5.77. The highest BCUT2D eigenvalue weighted by atomic mass is 16.3. The predicted molar refractivity (Wildman–Crippen MR) is 91.2 cm³/mol. The van der Waals surface area contributed by atoms with Crippen molar-refractivity contribution in [2.45, 2.75) is 19.1 Å². The summed E-state index contributed by atoms with van der Waals surface area (Å²) in [6.07, 6.45) is 1.57. The molecule has 1 aromatic heterocycles. The fourth-order valence-corrected chi connectivity index (χ4v) is 3.09. The summed E-state index contributed by atoms with van der Waals surface area (Å²) in [6.45, 7) is 2.63. The highest BCUT2D eigenvalue weighted by Gasteiger charge is 2.23. The average Bonchev–Trinajstić information content (AvgIpc) is 2.92. The first-order valence-electron chi connectivity index (χ1n) is 7.65. The minimum Gasteiger partial charge on any atom is -0.389 e. The SMILES string of the molecule is CNCC(O)C(c1cccc(C)c1)n1ccc2ccccc21. The standard InChI is InChI=1S/C19H22N2O/c1-14-6-5-8-16(12-14)19(18(22)13-20-2)21-11-10-15-7-3-4-9-17(15)21/h3-12,18-20,22H,13H2,1-2H3. The Morgan fingerprint density at radius 3 is 2.68 bits per heavy atom. The van der Waals surface area contributed by atoms with Gasteiger partial charge in [0.2, 0.25) is 0 Å². The highest BCUT2D eigenvalue weighted by molar-refractivity contribution is 5.80. The number of aliphatic hydroxyl groups is 1. The van der Waals surface area contributed by atoms with Gasteiger partial charge in [-0.1, -0.05) is 48.0 Å². The van der Waals surface area contributed by atoms with Crippen LogP contribution in [-0.4, -0.2) is 29.4 Å². The molecule has 2 aromatic carbocycles. The molecular formula is C19H22N2O. The molecule has 0 saturated heterocycles. The molecule has 0 aliphatic rings. The third kappa shape index (κ3) is 2.78. The Kier molecular flexibility index (Phi) is 4.27. The number of benzene rings is 2. The van der Waals surface area contributed by atoms with Gasteiger partial charge in [-0.05, 0) is 37.1 Å². The van der Waals surface area contributed by atoms with Gasteiger partial charge < -0.3 is 15.0 Å². The van der Waals surface area contributed by atoms with Gasteiger partial charge in [0.25, 0.3) is 0 Å². The number of para-hydroxylation sites is 1. The topological polar surface area (TPSA) is 37.2 Å². The van der Waals surface area contributed by atoms with Crippen LogP contribution < -0.4 is 5.32 Å². The first kappa shape index (κ1) is 14.8. The fourth-order valence-electron chi connectivity index (χ4n) is 3.09. The summed E-state index contributed by atoms with van der Waals surface area (Å²) < 4.78 is 2.17. The summed E-state index contributed by atoms with van der Waals surface area (Å²) in [6, 6.07) is 18.7. The molecule has 0 fully saturated rings. The van der Waals surface area contributed by atoms with Gasteiger partial charge in [-0.15, -0.1) is 0 Å². The Morgan fingerprint density at radius 1 is 1.09 bits per heavy atom. The molecule has 0 radical (unpaired) electrons. The van der Waals surface area contributed by atoms with Gasteiger partial charge in [-0.2, -0.15) is 0 Å². The molecule has 22 heavy (non-hydrogen) atoms. The molecule has 0 amide bonds. The van der Waals surface area contributed by atoms with Crippen LogP contribution >= 0.6 is 0 Å². The van der Waals surface area contributed by atoms with Crippen LogP contribution in [0.25, 0.3) is 10.9 Å². The number of nitrogens with zero attached hydrogens (tertiary/aromatic N) is 1. The average molecular weight is 294 g/mol. The van der Waals surface area contributed by atoms with Crippen LogP contribution in [0.15, 0.2) is 60.8 Å². The molecule has 3 nitrogen and oxygen atoms in total. The van der Waals surface area contributed by atoms with Gasteiger partial charge in [-0.25, -0.2) is 0 Å². The maximum absolute atomic E-state index is 10.7. The van der Waals surface area contributed by atoms with Crippen LogP contribution in [0.1, 0.15) is 17.2 Å². The van der Waals surface area contributed by atoms with Crippen LogP contribution in [0.5, 0.6) is 0 Å². The zero-order chi connectivity index (χ0) is 15.5. The fraction of sp³-hybridized carbons (Fsp3) is 0.263. The Balaban J connectivity index is 2.13. The molecule has 3 heteroatoms. The summed E-state index contributed by atoms with van der Waals surface area (Å²) in [5.74, 6) is 0.